The minimum atomic E-state index is -3.83. The zero-order valence-electron chi connectivity index (χ0n) is 15.0. The lowest BCUT2D eigenvalue weighted by atomic mass is 10.2. The molecule has 0 spiro atoms. The average molecular weight is 438 g/mol. The number of hydrogen-bond donors (Lipinski definition) is 1. The van der Waals surface area contributed by atoms with Crippen molar-refractivity contribution in [3.8, 4) is 10.6 Å². The molecule has 1 N–H and O–H groups in total. The van der Waals surface area contributed by atoms with E-state index >= 15 is 0 Å². The van der Waals surface area contributed by atoms with Gasteiger partial charge in [-0.3, -0.25) is 10.1 Å². The zero-order chi connectivity index (χ0) is 20.5. The molecule has 1 heterocycles. The predicted molar refractivity (Wildman–Crippen MR) is 109 cm³/mol. The largest absolute Gasteiger partial charge is 0.269 e. The van der Waals surface area contributed by atoms with Gasteiger partial charge in [-0.15, -0.1) is 11.3 Å². The molecule has 3 aromatic rings. The van der Waals surface area contributed by atoms with Gasteiger partial charge in [-0.25, -0.2) is 18.1 Å². The summed E-state index contributed by atoms with van der Waals surface area (Å²) in [7, 11) is -3.83. The minimum absolute atomic E-state index is 0.00611. The number of nitro groups is 1. The molecule has 0 amide bonds. The number of aryl methyl sites for hydroxylation is 2. The monoisotopic (exact) mass is 437 g/mol. The number of non-ortho nitro benzene ring substituents is 1. The molecule has 7 nitrogen and oxygen atoms in total. The maximum atomic E-state index is 12.6. The summed E-state index contributed by atoms with van der Waals surface area (Å²) in [5.41, 5.74) is 1.65. The molecular formula is C18H16ClN3O4S2. The fourth-order valence-electron chi connectivity index (χ4n) is 2.63. The highest BCUT2D eigenvalue weighted by Crippen LogP contribution is 2.33. The molecule has 0 aliphatic heterocycles. The van der Waals surface area contributed by atoms with Crippen LogP contribution in [0.1, 0.15) is 16.1 Å². The van der Waals surface area contributed by atoms with Crippen LogP contribution in [-0.4, -0.2) is 18.3 Å². The maximum Gasteiger partial charge on any atom is 0.269 e. The SMILES string of the molecule is Cc1cc([N+](=O)[O-])ccc1S(=O)(=O)NCc1sc(-c2ccccc2Cl)nc1C. The van der Waals surface area contributed by atoms with Crippen molar-refractivity contribution in [3.05, 3.63) is 73.7 Å². The number of halogens is 1. The van der Waals surface area contributed by atoms with Crippen LogP contribution in [0.2, 0.25) is 5.02 Å². The summed E-state index contributed by atoms with van der Waals surface area (Å²) < 4.78 is 27.8. The number of nitrogens with one attached hydrogen (secondary N) is 1. The van der Waals surface area contributed by atoms with E-state index < -0.39 is 14.9 Å². The number of sulfonamides is 1. The first-order valence-electron chi connectivity index (χ1n) is 8.15. The second kappa shape index (κ2) is 7.96. The Morgan fingerprint density at radius 1 is 1.21 bits per heavy atom. The molecule has 3 rings (SSSR count). The lowest BCUT2D eigenvalue weighted by Crippen LogP contribution is -2.24. The van der Waals surface area contributed by atoms with E-state index in [9.17, 15) is 18.5 Å². The summed E-state index contributed by atoms with van der Waals surface area (Å²) in [5, 5.41) is 12.1. The molecule has 0 radical (unpaired) electrons. The molecule has 0 bridgehead atoms. The van der Waals surface area contributed by atoms with Crippen LogP contribution in [0.3, 0.4) is 0 Å². The molecule has 146 valence electrons. The first-order valence-corrected chi connectivity index (χ1v) is 10.8. The number of aromatic nitrogens is 1. The third-order valence-electron chi connectivity index (χ3n) is 4.08. The van der Waals surface area contributed by atoms with E-state index in [2.05, 4.69) is 9.71 Å². The predicted octanol–water partition coefficient (Wildman–Crippen LogP) is 4.47. The molecule has 0 saturated carbocycles. The molecule has 2 aromatic carbocycles. The van der Waals surface area contributed by atoms with Crippen molar-refractivity contribution in [2.45, 2.75) is 25.3 Å². The van der Waals surface area contributed by atoms with Crippen LogP contribution < -0.4 is 4.72 Å². The van der Waals surface area contributed by atoms with Crippen molar-refractivity contribution < 1.29 is 13.3 Å². The van der Waals surface area contributed by atoms with Gasteiger partial charge in [-0.05, 0) is 31.5 Å². The van der Waals surface area contributed by atoms with Crippen LogP contribution in [0.5, 0.6) is 0 Å². The Kier molecular flexibility index (Phi) is 5.80. The Morgan fingerprint density at radius 3 is 2.57 bits per heavy atom. The quantitative estimate of drug-likeness (QED) is 0.452. The van der Waals surface area contributed by atoms with Crippen molar-refractivity contribution >= 4 is 38.6 Å². The molecule has 28 heavy (non-hydrogen) atoms. The second-order valence-corrected chi connectivity index (χ2v) is 9.27. The van der Waals surface area contributed by atoms with Crippen LogP contribution in [0.15, 0.2) is 47.4 Å². The highest BCUT2D eigenvalue weighted by Gasteiger charge is 2.20. The molecule has 0 saturated heterocycles. The van der Waals surface area contributed by atoms with Gasteiger partial charge in [0.15, 0.2) is 0 Å². The zero-order valence-corrected chi connectivity index (χ0v) is 17.4. The topological polar surface area (TPSA) is 102 Å². The first kappa shape index (κ1) is 20.4. The third kappa shape index (κ3) is 4.22. The molecule has 0 aliphatic carbocycles. The molecule has 0 fully saturated rings. The normalized spacial score (nSPS) is 11.5. The molecule has 10 heteroatoms. The number of thiazole rings is 1. The Morgan fingerprint density at radius 2 is 1.93 bits per heavy atom. The van der Waals surface area contributed by atoms with Gasteiger partial charge in [0.1, 0.15) is 5.01 Å². The van der Waals surface area contributed by atoms with Crippen molar-refractivity contribution in [2.75, 3.05) is 0 Å². The van der Waals surface area contributed by atoms with Gasteiger partial charge in [0, 0.05) is 29.1 Å². The highest BCUT2D eigenvalue weighted by molar-refractivity contribution is 7.89. The Hall–Kier alpha value is -2.33. The second-order valence-electron chi connectivity index (χ2n) is 6.04. The fraction of sp³-hybridized carbons (Fsp3) is 0.167. The molecule has 0 unspecified atom stereocenters. The summed E-state index contributed by atoms with van der Waals surface area (Å²) in [5.74, 6) is 0. The number of hydrogen-bond acceptors (Lipinski definition) is 6. The molecular weight excluding hydrogens is 422 g/mol. The lowest BCUT2D eigenvalue weighted by Gasteiger charge is -2.08. The van der Waals surface area contributed by atoms with Crippen molar-refractivity contribution in [1.29, 1.82) is 0 Å². The molecule has 0 aliphatic rings. The van der Waals surface area contributed by atoms with Crippen molar-refractivity contribution in [3.63, 3.8) is 0 Å². The smallest absolute Gasteiger partial charge is 0.258 e. The van der Waals surface area contributed by atoms with Crippen LogP contribution in [0.25, 0.3) is 10.6 Å². The lowest BCUT2D eigenvalue weighted by molar-refractivity contribution is -0.385. The van der Waals surface area contributed by atoms with E-state index in [1.54, 1.807) is 13.0 Å². The first-order chi connectivity index (χ1) is 13.2. The van der Waals surface area contributed by atoms with Gasteiger partial charge < -0.3 is 0 Å². The molecule has 0 atom stereocenters. The Labute approximate surface area is 171 Å². The van der Waals surface area contributed by atoms with E-state index in [1.165, 1.54) is 36.5 Å². The number of nitro benzene ring substituents is 1. The standard InChI is InChI=1S/C18H16ClN3O4S2/c1-11-9-13(22(23)24)7-8-17(11)28(25,26)20-10-16-12(2)21-18(27-16)14-5-3-4-6-15(14)19/h3-9,20H,10H2,1-2H3. The van der Waals surface area contributed by atoms with E-state index in [0.29, 0.717) is 21.3 Å². The van der Waals surface area contributed by atoms with E-state index in [-0.39, 0.29) is 17.1 Å². The highest BCUT2D eigenvalue weighted by atomic mass is 35.5. The van der Waals surface area contributed by atoms with Crippen LogP contribution >= 0.6 is 22.9 Å². The Balaban J connectivity index is 1.82. The number of rotatable bonds is 6. The van der Waals surface area contributed by atoms with Crippen molar-refractivity contribution in [1.82, 2.24) is 9.71 Å². The van der Waals surface area contributed by atoms with Crippen LogP contribution in [0, 0.1) is 24.0 Å². The van der Waals surface area contributed by atoms with E-state index in [0.717, 1.165) is 10.4 Å². The van der Waals surface area contributed by atoms with Crippen molar-refractivity contribution in [2.24, 2.45) is 0 Å². The Bertz CT molecular complexity index is 1160. The van der Waals surface area contributed by atoms with Gasteiger partial charge in [0.05, 0.1) is 20.5 Å². The summed E-state index contributed by atoms with van der Waals surface area (Å²) >= 11 is 7.57. The van der Waals surface area contributed by atoms with E-state index in [4.69, 9.17) is 11.6 Å². The number of nitrogens with zero attached hydrogens (tertiary/aromatic N) is 2. The van der Waals surface area contributed by atoms with Gasteiger partial charge in [-0.2, -0.15) is 0 Å². The van der Waals surface area contributed by atoms with Gasteiger partial charge in [0.25, 0.3) is 5.69 Å². The summed E-state index contributed by atoms with van der Waals surface area (Å²) in [4.78, 5) is 15.5. The fourth-order valence-corrected chi connectivity index (χ4v) is 5.26. The van der Waals surface area contributed by atoms with Crippen LogP contribution in [0.4, 0.5) is 5.69 Å². The van der Waals surface area contributed by atoms with Gasteiger partial charge in [0.2, 0.25) is 10.0 Å². The van der Waals surface area contributed by atoms with Gasteiger partial charge >= 0.3 is 0 Å². The average Bonchev–Trinajstić information content (AvgIpc) is 3.00. The maximum absolute atomic E-state index is 12.6. The molecule has 1 aromatic heterocycles. The third-order valence-corrected chi connectivity index (χ3v) is 7.16. The number of benzene rings is 2. The van der Waals surface area contributed by atoms with Gasteiger partial charge in [-0.1, -0.05) is 29.8 Å². The minimum Gasteiger partial charge on any atom is -0.258 e. The van der Waals surface area contributed by atoms with E-state index in [1.807, 2.05) is 18.2 Å². The summed E-state index contributed by atoms with van der Waals surface area (Å²) in [6.45, 7) is 3.39. The summed E-state index contributed by atoms with van der Waals surface area (Å²) in [6.07, 6.45) is 0. The van der Waals surface area contributed by atoms with Crippen LogP contribution in [-0.2, 0) is 16.6 Å². The summed E-state index contributed by atoms with van der Waals surface area (Å²) in [6, 6.07) is 11.0.